The Bertz CT molecular complexity index is 1150. The van der Waals surface area contributed by atoms with Gasteiger partial charge in [0.15, 0.2) is 0 Å². The second kappa shape index (κ2) is 14.4. The molecule has 0 fully saturated rings. The number of alkyl carbamates (subject to hydrolysis) is 1. The van der Waals surface area contributed by atoms with Gasteiger partial charge in [-0.1, -0.05) is 124 Å². The van der Waals surface area contributed by atoms with Crippen LogP contribution in [-0.4, -0.2) is 39.8 Å². The van der Waals surface area contributed by atoms with Crippen LogP contribution < -0.4 is 15.7 Å². The number of carbonyl (C=O) groups excluding carboxylic acids is 1. The van der Waals surface area contributed by atoms with Gasteiger partial charge in [0.25, 0.3) is 8.32 Å². The highest BCUT2D eigenvalue weighted by atomic mass is 28.4. The Labute approximate surface area is 241 Å². The van der Waals surface area contributed by atoms with Crippen LogP contribution in [0, 0.1) is 5.92 Å². The Morgan fingerprint density at radius 1 is 0.825 bits per heavy atom. The Morgan fingerprint density at radius 2 is 1.35 bits per heavy atom. The van der Waals surface area contributed by atoms with E-state index in [1.807, 2.05) is 63.2 Å². The van der Waals surface area contributed by atoms with E-state index in [1.54, 1.807) is 0 Å². The molecule has 3 rings (SSSR count). The van der Waals surface area contributed by atoms with Gasteiger partial charge in [0.2, 0.25) is 0 Å². The second-order valence-electron chi connectivity index (χ2n) is 12.0. The van der Waals surface area contributed by atoms with Crippen molar-refractivity contribution >= 4 is 24.8 Å². The van der Waals surface area contributed by atoms with Gasteiger partial charge in [-0.05, 0) is 41.7 Å². The van der Waals surface area contributed by atoms with Gasteiger partial charge in [0.05, 0.1) is 19.8 Å². The van der Waals surface area contributed by atoms with Gasteiger partial charge in [-0.15, -0.1) is 0 Å². The van der Waals surface area contributed by atoms with Crippen molar-refractivity contribution in [2.45, 2.75) is 58.8 Å². The highest BCUT2D eigenvalue weighted by Crippen LogP contribution is 2.36. The molecule has 3 aromatic rings. The van der Waals surface area contributed by atoms with E-state index in [1.165, 1.54) is 10.4 Å². The number of hydrogen-bond acceptors (Lipinski definition) is 4. The van der Waals surface area contributed by atoms with Crippen LogP contribution in [0.4, 0.5) is 4.79 Å². The van der Waals surface area contributed by atoms with Gasteiger partial charge in [0.1, 0.15) is 5.60 Å². The molecule has 0 unspecified atom stereocenters. The summed E-state index contributed by atoms with van der Waals surface area (Å²) < 4.78 is 18.4. The first-order valence-electron chi connectivity index (χ1n) is 14.0. The van der Waals surface area contributed by atoms with Crippen molar-refractivity contribution in [3.63, 3.8) is 0 Å². The van der Waals surface area contributed by atoms with Crippen molar-refractivity contribution in [2.75, 3.05) is 19.8 Å². The van der Waals surface area contributed by atoms with Crippen molar-refractivity contribution in [3.8, 4) is 0 Å². The fraction of sp³-hybridized carbons (Fsp3) is 0.382. The van der Waals surface area contributed by atoms with Crippen LogP contribution in [-0.2, 0) is 20.5 Å². The van der Waals surface area contributed by atoms with Gasteiger partial charge in [-0.2, -0.15) is 0 Å². The van der Waals surface area contributed by atoms with Crippen molar-refractivity contribution < 1.29 is 18.7 Å². The summed E-state index contributed by atoms with van der Waals surface area (Å²) in [4.78, 5) is 12.3. The Balaban J connectivity index is 1.76. The molecular weight excluding hydrogens is 514 g/mol. The monoisotopic (exact) mass is 559 g/mol. The largest absolute Gasteiger partial charge is 0.444 e. The first-order valence-corrected chi connectivity index (χ1v) is 15.9. The molecule has 0 heterocycles. The topological polar surface area (TPSA) is 56.8 Å². The van der Waals surface area contributed by atoms with E-state index in [4.69, 9.17) is 13.9 Å². The average molecular weight is 560 g/mol. The third kappa shape index (κ3) is 9.19. The zero-order valence-corrected chi connectivity index (χ0v) is 25.9. The normalized spacial score (nSPS) is 13.2. The molecule has 1 amide bonds. The molecule has 40 heavy (non-hydrogen) atoms. The maximum Gasteiger partial charge on any atom is 0.407 e. The average Bonchev–Trinajstić information content (AvgIpc) is 2.91. The molecule has 0 radical (unpaired) electrons. The van der Waals surface area contributed by atoms with E-state index in [-0.39, 0.29) is 11.0 Å². The van der Waals surface area contributed by atoms with Gasteiger partial charge in [0, 0.05) is 12.5 Å². The fourth-order valence-corrected chi connectivity index (χ4v) is 9.30. The maximum absolute atomic E-state index is 12.3. The molecule has 0 aliphatic heterocycles. The summed E-state index contributed by atoms with van der Waals surface area (Å²) in [7, 11) is -2.63. The van der Waals surface area contributed by atoms with Crippen LogP contribution in [0.2, 0.25) is 5.04 Å². The second-order valence-corrected chi connectivity index (χ2v) is 16.4. The van der Waals surface area contributed by atoms with Crippen molar-refractivity contribution in [3.05, 3.63) is 109 Å². The van der Waals surface area contributed by atoms with Gasteiger partial charge in [-0.3, -0.25) is 0 Å². The van der Waals surface area contributed by atoms with Crippen LogP contribution >= 0.6 is 0 Å². The van der Waals surface area contributed by atoms with Gasteiger partial charge < -0.3 is 19.2 Å². The van der Waals surface area contributed by atoms with Crippen LogP contribution in [0.5, 0.6) is 0 Å². The van der Waals surface area contributed by atoms with E-state index in [2.05, 4.69) is 86.8 Å². The molecule has 1 N–H and O–H groups in total. The molecule has 1 atom stereocenters. The molecular formula is C34H45NO4Si. The zero-order chi connectivity index (χ0) is 29.1. The summed E-state index contributed by atoms with van der Waals surface area (Å²) in [6, 6.07) is 31.3. The third-order valence-electron chi connectivity index (χ3n) is 6.57. The van der Waals surface area contributed by atoms with E-state index >= 15 is 0 Å². The van der Waals surface area contributed by atoms with Crippen LogP contribution in [0.1, 0.15) is 47.1 Å². The number of ether oxygens (including phenoxy) is 2. The Morgan fingerprint density at radius 3 is 1.85 bits per heavy atom. The van der Waals surface area contributed by atoms with E-state index in [9.17, 15) is 4.79 Å². The standard InChI is InChI=1S/C34H45NO4Si/c1-33(2,3)39-32(36)35-25-29(27-37-26-28-17-10-7-11-18-28)19-16-24-38-40(34(4,5)6,30-20-12-8-13-21-30)31-22-14-9-15-23-31/h7-23,29H,24-27H2,1-6H3,(H,35,36)/b19-16+/t29-/m1/s1. The lowest BCUT2D eigenvalue weighted by atomic mass is 10.1. The Kier molecular flexibility index (Phi) is 11.3. The highest BCUT2D eigenvalue weighted by Gasteiger charge is 2.49. The molecule has 0 aromatic heterocycles. The molecule has 214 valence electrons. The minimum atomic E-state index is -2.63. The molecule has 3 aromatic carbocycles. The van der Waals surface area contributed by atoms with E-state index in [0.717, 1.165) is 5.56 Å². The smallest absolute Gasteiger partial charge is 0.407 e. The summed E-state index contributed by atoms with van der Waals surface area (Å²) in [6.45, 7) is 14.2. The fourth-order valence-electron chi connectivity index (χ4n) is 4.80. The minimum absolute atomic E-state index is 0.0426. The predicted octanol–water partition coefficient (Wildman–Crippen LogP) is 6.48. The third-order valence-corrected chi connectivity index (χ3v) is 11.6. The number of rotatable bonds is 12. The quantitative estimate of drug-likeness (QED) is 0.204. The van der Waals surface area contributed by atoms with Gasteiger partial charge in [-0.25, -0.2) is 4.79 Å². The van der Waals surface area contributed by atoms with Crippen LogP contribution in [0.3, 0.4) is 0 Å². The predicted molar refractivity (Wildman–Crippen MR) is 167 cm³/mol. The molecule has 0 saturated heterocycles. The minimum Gasteiger partial charge on any atom is -0.444 e. The number of carbonyl (C=O) groups is 1. The van der Waals surface area contributed by atoms with Crippen molar-refractivity contribution in [1.82, 2.24) is 5.32 Å². The van der Waals surface area contributed by atoms with Crippen molar-refractivity contribution in [1.29, 1.82) is 0 Å². The van der Waals surface area contributed by atoms with E-state index < -0.39 is 20.0 Å². The molecule has 0 bridgehead atoms. The number of hydrogen-bond donors (Lipinski definition) is 1. The molecule has 0 aliphatic carbocycles. The lowest BCUT2D eigenvalue weighted by molar-refractivity contribution is 0.0501. The molecule has 0 spiro atoms. The molecule has 0 saturated carbocycles. The van der Waals surface area contributed by atoms with Crippen LogP contribution in [0.25, 0.3) is 0 Å². The van der Waals surface area contributed by atoms with Gasteiger partial charge >= 0.3 is 6.09 Å². The number of amides is 1. The Hall–Kier alpha value is -3.19. The summed E-state index contributed by atoms with van der Waals surface area (Å²) in [5, 5.41) is 5.29. The SMILES string of the molecule is CC(C)(C)OC(=O)NC[C@@H](/C=C/CO[Si](c1ccccc1)(c1ccccc1)C(C)(C)C)COCc1ccccc1. The van der Waals surface area contributed by atoms with Crippen LogP contribution in [0.15, 0.2) is 103 Å². The summed E-state index contributed by atoms with van der Waals surface area (Å²) in [5.41, 5.74) is 0.559. The first-order chi connectivity index (χ1) is 19.0. The molecule has 6 heteroatoms. The number of nitrogens with one attached hydrogen (secondary N) is 1. The summed E-state index contributed by atoms with van der Waals surface area (Å²) >= 11 is 0. The molecule has 5 nitrogen and oxygen atoms in total. The summed E-state index contributed by atoms with van der Waals surface area (Å²) in [6.07, 6.45) is 3.71. The summed E-state index contributed by atoms with van der Waals surface area (Å²) in [5.74, 6) is -0.0426. The first kappa shape index (κ1) is 31.3. The zero-order valence-electron chi connectivity index (χ0n) is 24.9. The maximum atomic E-state index is 12.3. The van der Waals surface area contributed by atoms with E-state index in [0.29, 0.717) is 26.4 Å². The highest BCUT2D eigenvalue weighted by molar-refractivity contribution is 6.99. The van der Waals surface area contributed by atoms with Crippen molar-refractivity contribution in [2.24, 2.45) is 5.92 Å². The lowest BCUT2D eigenvalue weighted by Gasteiger charge is -2.42. The number of benzene rings is 3. The lowest BCUT2D eigenvalue weighted by Crippen LogP contribution is -2.66. The molecule has 0 aliphatic rings.